The highest BCUT2D eigenvalue weighted by molar-refractivity contribution is 7.98. The van der Waals surface area contributed by atoms with E-state index in [0.29, 0.717) is 23.2 Å². The summed E-state index contributed by atoms with van der Waals surface area (Å²) in [5, 5.41) is 20.1. The summed E-state index contributed by atoms with van der Waals surface area (Å²) in [6, 6.07) is 9.35. The summed E-state index contributed by atoms with van der Waals surface area (Å²) in [6.07, 6.45) is -6.46. The van der Waals surface area contributed by atoms with E-state index < -0.39 is 43.4 Å². The number of fused-ring (bicyclic) bond motifs is 1. The molecule has 0 radical (unpaired) electrons. The quantitative estimate of drug-likeness (QED) is 0.0894. The Kier molecular flexibility index (Phi) is 14.6. The molecule has 13 nitrogen and oxygen atoms in total. The molecule has 0 spiro atoms. The lowest BCUT2D eigenvalue weighted by molar-refractivity contribution is -0.192. The molecule has 3 heterocycles. The number of carboxylic acid groups (broad SMARTS) is 1. The van der Waals surface area contributed by atoms with Gasteiger partial charge in [0, 0.05) is 29.8 Å². The number of hydrogen-bond acceptors (Lipinski definition) is 9. The van der Waals surface area contributed by atoms with E-state index in [-0.39, 0.29) is 42.5 Å². The highest BCUT2D eigenvalue weighted by atomic mass is 35.5. The van der Waals surface area contributed by atoms with Gasteiger partial charge in [-0.25, -0.2) is 18.9 Å². The van der Waals surface area contributed by atoms with Crippen molar-refractivity contribution >= 4 is 46.8 Å². The molecular formula is C28H27ClF7N7O6S. The molecule has 0 aliphatic rings. The molecule has 0 saturated carbocycles. The minimum Gasteiger partial charge on any atom is -0.489 e. The smallest absolute Gasteiger partial charge is 0.489 e. The summed E-state index contributed by atoms with van der Waals surface area (Å²) in [5.74, 6) is -2.92. The van der Waals surface area contributed by atoms with Crippen molar-refractivity contribution in [1.82, 2.24) is 35.0 Å². The van der Waals surface area contributed by atoms with Crippen molar-refractivity contribution in [1.29, 1.82) is 0 Å². The maximum atomic E-state index is 12.6. The Bertz CT molecular complexity index is 1750. The van der Waals surface area contributed by atoms with Gasteiger partial charge in [0.15, 0.2) is 5.69 Å². The van der Waals surface area contributed by atoms with Gasteiger partial charge < -0.3 is 25.2 Å². The first kappa shape index (κ1) is 39.8. The Morgan fingerprint density at radius 2 is 1.72 bits per heavy atom. The third kappa shape index (κ3) is 12.7. The number of benzene rings is 1. The van der Waals surface area contributed by atoms with Gasteiger partial charge in [0.25, 0.3) is 11.8 Å². The highest BCUT2D eigenvalue weighted by Crippen LogP contribution is 2.25. The molecule has 2 amide bonds. The highest BCUT2D eigenvalue weighted by Gasteiger charge is 2.38. The minimum absolute atomic E-state index is 0.00391. The number of alkyl halides is 7. The molecule has 0 atom stereocenters. The van der Waals surface area contributed by atoms with Crippen molar-refractivity contribution < 1.29 is 59.7 Å². The molecule has 22 heteroatoms. The average molecular weight is 758 g/mol. The van der Waals surface area contributed by atoms with Gasteiger partial charge in [0.2, 0.25) is 0 Å². The number of carbonyl (C=O) groups excluding carboxylic acids is 2. The van der Waals surface area contributed by atoms with Crippen molar-refractivity contribution in [3.05, 3.63) is 70.9 Å². The van der Waals surface area contributed by atoms with E-state index in [4.69, 9.17) is 31.0 Å². The predicted molar refractivity (Wildman–Crippen MR) is 164 cm³/mol. The monoisotopic (exact) mass is 757 g/mol. The number of pyridine rings is 1. The zero-order valence-electron chi connectivity index (χ0n) is 25.4. The predicted octanol–water partition coefficient (Wildman–Crippen LogP) is 4.52. The molecular weight excluding hydrogens is 731 g/mol. The molecule has 3 N–H and O–H groups in total. The van der Waals surface area contributed by atoms with E-state index in [0.717, 1.165) is 11.3 Å². The van der Waals surface area contributed by atoms with Crippen LogP contribution in [0.15, 0.2) is 48.8 Å². The third-order valence-electron chi connectivity index (χ3n) is 5.87. The molecule has 4 aromatic rings. The number of nitrogens with one attached hydrogen (secondary N) is 2. The van der Waals surface area contributed by atoms with Crippen LogP contribution in [0.25, 0.3) is 11.3 Å². The van der Waals surface area contributed by atoms with Gasteiger partial charge in [-0.05, 0) is 30.3 Å². The molecule has 0 saturated heterocycles. The number of halogens is 8. The molecule has 0 fully saturated rings. The summed E-state index contributed by atoms with van der Waals surface area (Å²) in [4.78, 5) is 38.3. The minimum atomic E-state index is -5.08. The van der Waals surface area contributed by atoms with E-state index in [1.54, 1.807) is 27.5 Å². The fourth-order valence-corrected chi connectivity index (χ4v) is 4.64. The maximum absolute atomic E-state index is 12.6. The van der Waals surface area contributed by atoms with Crippen LogP contribution in [0.3, 0.4) is 0 Å². The first-order valence-electron chi connectivity index (χ1n) is 14.1. The van der Waals surface area contributed by atoms with Crippen LogP contribution in [0, 0.1) is 0 Å². The van der Waals surface area contributed by atoms with Gasteiger partial charge in [0.1, 0.15) is 42.1 Å². The summed E-state index contributed by atoms with van der Waals surface area (Å²) < 4.78 is 95.3. The third-order valence-corrected chi connectivity index (χ3v) is 7.17. The van der Waals surface area contributed by atoms with Gasteiger partial charge in [-0.15, -0.1) is 5.10 Å². The number of hydrogen-bond donors (Lipinski definition) is 3. The molecule has 3 aromatic heterocycles. The van der Waals surface area contributed by atoms with Crippen LogP contribution in [0.4, 0.5) is 30.7 Å². The van der Waals surface area contributed by atoms with Crippen molar-refractivity contribution in [2.24, 2.45) is 0 Å². The number of thioether (sulfide) groups is 1. The number of carbonyl (C=O) groups is 3. The normalized spacial score (nSPS) is 11.5. The summed E-state index contributed by atoms with van der Waals surface area (Å²) in [7, 11) is 0. The Morgan fingerprint density at radius 3 is 2.38 bits per heavy atom. The van der Waals surface area contributed by atoms with Crippen LogP contribution in [0.2, 0.25) is 5.15 Å². The second-order valence-electron chi connectivity index (χ2n) is 9.60. The van der Waals surface area contributed by atoms with Crippen LogP contribution < -0.4 is 15.4 Å². The lowest BCUT2D eigenvalue weighted by Crippen LogP contribution is -2.33. The van der Waals surface area contributed by atoms with Crippen molar-refractivity contribution in [3.8, 4) is 11.4 Å². The Labute approximate surface area is 287 Å². The molecule has 0 aliphatic carbocycles. The molecule has 50 heavy (non-hydrogen) atoms. The molecule has 1 aromatic carbocycles. The van der Waals surface area contributed by atoms with Gasteiger partial charge >= 0.3 is 18.3 Å². The average Bonchev–Trinajstić information content (AvgIpc) is 3.71. The number of carboxylic acids is 1. The second kappa shape index (κ2) is 18.4. The zero-order chi connectivity index (χ0) is 36.9. The largest absolute Gasteiger partial charge is 0.490 e. The topological polar surface area (TPSA) is 162 Å². The SMILES string of the molecule is O=C(NCC(F)(F)F)c1ccc(-n2cc(C(=O)NCCSCc3cn4c(Cl)cccc4n3)nn2)c(OCCOCCF)c1.O=C(O)C(F)(F)F. The number of ether oxygens (including phenoxy) is 2. The molecule has 272 valence electrons. The van der Waals surface area contributed by atoms with E-state index in [1.165, 1.54) is 29.1 Å². The van der Waals surface area contributed by atoms with E-state index in [9.17, 15) is 40.3 Å². The standard InChI is InChI=1S/C26H26ClF4N7O4S.C2HF3O2/c27-22-2-1-3-23-34-18(13-37(22)23)15-43-11-7-32-25(40)19-14-38(36-35-19)20-5-4-17(24(39)33-16-26(29,30)31)12-21(20)42-10-9-41-8-6-28;3-2(4,5)1(6)7/h1-5,12-14H,6-11,15-16H2,(H,32,40)(H,33,39);(H,6,7). The fraction of sp³-hybridized carbons (Fsp3) is 0.357. The Hall–Kier alpha value is -4.63. The first-order valence-corrected chi connectivity index (χ1v) is 15.6. The number of amides is 2. The summed E-state index contributed by atoms with van der Waals surface area (Å²) in [5.41, 5.74) is 1.76. The first-order chi connectivity index (χ1) is 23.6. The zero-order valence-corrected chi connectivity index (χ0v) is 27.0. The van der Waals surface area contributed by atoms with Crippen LogP contribution in [-0.2, 0) is 15.3 Å². The molecule has 0 unspecified atom stereocenters. The number of nitrogens with zero attached hydrogens (tertiary/aromatic N) is 5. The van der Waals surface area contributed by atoms with Gasteiger partial charge in [-0.3, -0.25) is 14.0 Å². The van der Waals surface area contributed by atoms with Crippen LogP contribution in [0.5, 0.6) is 5.75 Å². The van der Waals surface area contributed by atoms with Crippen LogP contribution in [0.1, 0.15) is 26.5 Å². The van der Waals surface area contributed by atoms with E-state index in [1.807, 2.05) is 18.3 Å². The maximum Gasteiger partial charge on any atom is 0.490 e. The van der Waals surface area contributed by atoms with Gasteiger partial charge in [-0.2, -0.15) is 38.1 Å². The lowest BCUT2D eigenvalue weighted by atomic mass is 10.1. The Balaban J connectivity index is 0.000000872. The molecule has 0 bridgehead atoms. The number of aromatic nitrogens is 5. The van der Waals surface area contributed by atoms with Crippen LogP contribution >= 0.6 is 23.4 Å². The van der Waals surface area contributed by atoms with Crippen molar-refractivity contribution in [2.45, 2.75) is 18.1 Å². The van der Waals surface area contributed by atoms with E-state index in [2.05, 4.69) is 20.6 Å². The molecule has 0 aliphatic heterocycles. The van der Waals surface area contributed by atoms with Crippen molar-refractivity contribution in [3.63, 3.8) is 0 Å². The number of imidazole rings is 1. The number of aliphatic carboxylic acids is 1. The fourth-order valence-electron chi connectivity index (χ4n) is 3.70. The van der Waals surface area contributed by atoms with E-state index >= 15 is 0 Å². The second-order valence-corrected chi connectivity index (χ2v) is 11.1. The van der Waals surface area contributed by atoms with Crippen molar-refractivity contribution in [2.75, 3.05) is 45.3 Å². The summed E-state index contributed by atoms with van der Waals surface area (Å²) in [6.45, 7) is -2.01. The Morgan fingerprint density at radius 1 is 0.980 bits per heavy atom. The van der Waals surface area contributed by atoms with Gasteiger partial charge in [-0.1, -0.05) is 22.9 Å². The van der Waals surface area contributed by atoms with Gasteiger partial charge in [0.05, 0.1) is 25.1 Å². The van der Waals surface area contributed by atoms with Crippen LogP contribution in [-0.4, -0.2) is 105 Å². The lowest BCUT2D eigenvalue weighted by Gasteiger charge is -2.14. The molecule has 4 rings (SSSR count). The summed E-state index contributed by atoms with van der Waals surface area (Å²) >= 11 is 7.73. The number of rotatable bonds is 15.